The summed E-state index contributed by atoms with van der Waals surface area (Å²) in [5.41, 5.74) is 1.06. The van der Waals surface area contributed by atoms with E-state index in [1.165, 1.54) is 0 Å². The Labute approximate surface area is 264 Å². The lowest BCUT2D eigenvalue weighted by Crippen LogP contribution is -2.49. The van der Waals surface area contributed by atoms with Crippen LogP contribution in [0.4, 0.5) is 23.5 Å². The van der Waals surface area contributed by atoms with Crippen LogP contribution in [-0.2, 0) is 28.5 Å². The Morgan fingerprint density at radius 2 is 1.29 bits per heavy atom. The molecule has 16 heteroatoms. The van der Waals surface area contributed by atoms with Crippen molar-refractivity contribution in [2.24, 2.45) is 0 Å². The van der Waals surface area contributed by atoms with Gasteiger partial charge in [0.1, 0.15) is 11.0 Å². The van der Waals surface area contributed by atoms with E-state index in [1.807, 2.05) is 9.80 Å². The Morgan fingerprint density at radius 1 is 0.778 bits per heavy atom. The molecule has 0 saturated carbocycles. The number of carbonyl (C=O) groups excluding carboxylic acids is 1. The summed E-state index contributed by atoms with van der Waals surface area (Å²) in [5, 5.41) is 9.47. The van der Waals surface area contributed by atoms with Gasteiger partial charge in [0.15, 0.2) is 11.6 Å². The summed E-state index contributed by atoms with van der Waals surface area (Å²) in [7, 11) is 8.41. The minimum Gasteiger partial charge on any atom is -0.481 e. The van der Waals surface area contributed by atoms with Gasteiger partial charge in [-0.25, -0.2) is 9.97 Å². The number of piperazine rings is 1. The van der Waals surface area contributed by atoms with E-state index in [-0.39, 0.29) is 31.5 Å². The SMILES string of the molecule is COCCN(CCC(=O)O)c1nc(N2CCN(C)C(=O)C2)c2nc(N(CCOC)CCOC)nc(N3CCC(OC)CC3)c2n1. The Bertz CT molecular complexity index is 1270. The zero-order valence-electron chi connectivity index (χ0n) is 27.1. The molecule has 2 aliphatic rings. The fraction of sp³-hybridized carbons (Fsp3) is 0.724. The second-order valence-electron chi connectivity index (χ2n) is 11.1. The monoisotopic (exact) mass is 633 g/mol. The van der Waals surface area contributed by atoms with Crippen LogP contribution in [-0.4, -0.2) is 162 Å². The number of anilines is 4. The van der Waals surface area contributed by atoms with E-state index < -0.39 is 5.97 Å². The van der Waals surface area contributed by atoms with E-state index >= 15 is 0 Å². The highest BCUT2D eigenvalue weighted by Crippen LogP contribution is 2.34. The van der Waals surface area contributed by atoms with E-state index in [0.29, 0.717) is 100 Å². The Morgan fingerprint density at radius 3 is 1.76 bits per heavy atom. The lowest BCUT2D eigenvalue weighted by Gasteiger charge is -2.35. The van der Waals surface area contributed by atoms with Crippen molar-refractivity contribution >= 4 is 46.4 Å². The van der Waals surface area contributed by atoms with Crippen molar-refractivity contribution in [3.8, 4) is 0 Å². The molecule has 4 rings (SSSR count). The summed E-state index contributed by atoms with van der Waals surface area (Å²) in [5.74, 6) is 1.02. The van der Waals surface area contributed by atoms with Crippen molar-refractivity contribution in [3.05, 3.63) is 0 Å². The molecule has 0 aromatic carbocycles. The fourth-order valence-electron chi connectivity index (χ4n) is 5.39. The summed E-state index contributed by atoms with van der Waals surface area (Å²) in [6.45, 7) is 5.52. The molecule has 0 bridgehead atoms. The highest BCUT2D eigenvalue weighted by Gasteiger charge is 2.30. The van der Waals surface area contributed by atoms with Gasteiger partial charge in [0, 0.05) is 87.8 Å². The maximum Gasteiger partial charge on any atom is 0.305 e. The average Bonchev–Trinajstić information content (AvgIpc) is 3.05. The van der Waals surface area contributed by atoms with Crippen LogP contribution in [0.3, 0.4) is 0 Å². The number of aromatic nitrogens is 4. The summed E-state index contributed by atoms with van der Waals surface area (Å²) in [4.78, 5) is 54.2. The van der Waals surface area contributed by atoms with Crippen molar-refractivity contribution in [2.75, 3.05) is 134 Å². The molecule has 0 radical (unpaired) electrons. The highest BCUT2D eigenvalue weighted by atomic mass is 16.5. The van der Waals surface area contributed by atoms with Crippen molar-refractivity contribution in [3.63, 3.8) is 0 Å². The first-order valence-corrected chi connectivity index (χ1v) is 15.3. The topological polar surface area (TPSA) is 159 Å². The van der Waals surface area contributed by atoms with Crippen LogP contribution in [0.5, 0.6) is 0 Å². The molecular formula is C29H47N9O7. The second-order valence-corrected chi connectivity index (χ2v) is 11.1. The first-order chi connectivity index (χ1) is 21.8. The van der Waals surface area contributed by atoms with Crippen LogP contribution in [0.25, 0.3) is 11.0 Å². The lowest BCUT2D eigenvalue weighted by atomic mass is 10.1. The number of carboxylic acid groups (broad SMARTS) is 1. The number of amides is 1. The lowest BCUT2D eigenvalue weighted by molar-refractivity contribution is -0.136. The summed E-state index contributed by atoms with van der Waals surface area (Å²) >= 11 is 0. The number of aliphatic carboxylic acids is 1. The second kappa shape index (κ2) is 16.6. The molecule has 1 N–H and O–H groups in total. The molecule has 2 aromatic heterocycles. The molecule has 45 heavy (non-hydrogen) atoms. The van der Waals surface area contributed by atoms with Gasteiger partial charge in [-0.05, 0) is 12.8 Å². The van der Waals surface area contributed by atoms with Crippen LogP contribution in [0.2, 0.25) is 0 Å². The van der Waals surface area contributed by atoms with Crippen LogP contribution in [0.1, 0.15) is 19.3 Å². The average molecular weight is 634 g/mol. The summed E-state index contributed by atoms with van der Waals surface area (Å²) < 4.78 is 21.7. The van der Waals surface area contributed by atoms with Gasteiger partial charge in [-0.2, -0.15) is 9.97 Å². The van der Waals surface area contributed by atoms with E-state index in [4.69, 9.17) is 38.9 Å². The molecule has 0 unspecified atom stereocenters. The van der Waals surface area contributed by atoms with Gasteiger partial charge in [-0.15, -0.1) is 0 Å². The standard InChI is InChI=1S/C29H47N9O7/c1-34-12-13-38(20-22(34)39)27-25-24(30-28(33-27)36(14-17-42-2)11-8-23(40)41)26(35-9-6-21(45-5)7-10-35)32-29(31-25)37(15-18-43-3)16-19-44-4/h21H,6-20H2,1-5H3,(H,40,41). The Balaban J connectivity index is 1.94. The molecule has 2 fully saturated rings. The van der Waals surface area contributed by atoms with Gasteiger partial charge >= 0.3 is 5.97 Å². The van der Waals surface area contributed by atoms with Gasteiger partial charge < -0.3 is 48.6 Å². The summed E-state index contributed by atoms with van der Waals surface area (Å²) in [6, 6.07) is 0. The fourth-order valence-corrected chi connectivity index (χ4v) is 5.39. The molecular weight excluding hydrogens is 586 g/mol. The minimum absolute atomic E-state index is 0.0327. The van der Waals surface area contributed by atoms with Gasteiger partial charge in [-0.1, -0.05) is 0 Å². The Kier molecular flexibility index (Phi) is 12.7. The van der Waals surface area contributed by atoms with E-state index in [1.54, 1.807) is 45.3 Å². The first kappa shape index (κ1) is 34.3. The quantitative estimate of drug-likeness (QED) is 0.254. The van der Waals surface area contributed by atoms with Crippen LogP contribution in [0.15, 0.2) is 0 Å². The molecule has 2 aromatic rings. The zero-order chi connectivity index (χ0) is 32.3. The highest BCUT2D eigenvalue weighted by molar-refractivity contribution is 5.96. The van der Waals surface area contributed by atoms with E-state index in [0.717, 1.165) is 12.8 Å². The number of ether oxygens (including phenoxy) is 4. The predicted octanol–water partition coefficient (Wildman–Crippen LogP) is 0.340. The number of fused-ring (bicyclic) bond motifs is 1. The van der Waals surface area contributed by atoms with E-state index in [2.05, 4.69) is 4.90 Å². The maximum atomic E-state index is 12.9. The molecule has 0 spiro atoms. The number of hydrogen-bond acceptors (Lipinski definition) is 14. The third-order valence-electron chi connectivity index (χ3n) is 8.17. The van der Waals surface area contributed by atoms with Crippen LogP contribution in [0, 0.1) is 0 Å². The number of carbonyl (C=O) groups is 2. The number of piperidine rings is 1. The number of methoxy groups -OCH3 is 4. The number of likely N-dealkylation sites (N-methyl/N-ethyl adjacent to an activating group) is 1. The number of hydrogen-bond donors (Lipinski definition) is 1. The van der Waals surface area contributed by atoms with Crippen molar-refractivity contribution in [1.82, 2.24) is 24.8 Å². The number of nitrogens with zero attached hydrogens (tertiary/aromatic N) is 9. The van der Waals surface area contributed by atoms with Crippen molar-refractivity contribution in [2.45, 2.75) is 25.4 Å². The van der Waals surface area contributed by atoms with Gasteiger partial charge in [0.2, 0.25) is 17.8 Å². The van der Waals surface area contributed by atoms with Crippen LogP contribution >= 0.6 is 0 Å². The van der Waals surface area contributed by atoms with E-state index in [9.17, 15) is 14.7 Å². The minimum atomic E-state index is -0.926. The third-order valence-corrected chi connectivity index (χ3v) is 8.17. The molecule has 16 nitrogen and oxygen atoms in total. The van der Waals surface area contributed by atoms with Gasteiger partial charge in [-0.3, -0.25) is 9.59 Å². The Hall–Kier alpha value is -3.60. The molecule has 0 aliphatic carbocycles. The predicted molar refractivity (Wildman–Crippen MR) is 170 cm³/mol. The van der Waals surface area contributed by atoms with Gasteiger partial charge in [0.25, 0.3) is 0 Å². The molecule has 2 saturated heterocycles. The maximum absolute atomic E-state index is 12.9. The van der Waals surface area contributed by atoms with Crippen molar-refractivity contribution < 1.29 is 33.6 Å². The molecule has 2 aliphatic heterocycles. The van der Waals surface area contributed by atoms with Crippen molar-refractivity contribution in [1.29, 1.82) is 0 Å². The largest absolute Gasteiger partial charge is 0.481 e. The van der Waals surface area contributed by atoms with Gasteiger partial charge in [0.05, 0.1) is 38.9 Å². The summed E-state index contributed by atoms with van der Waals surface area (Å²) in [6.07, 6.45) is 1.70. The number of rotatable bonds is 17. The first-order valence-electron chi connectivity index (χ1n) is 15.3. The molecule has 0 atom stereocenters. The smallest absolute Gasteiger partial charge is 0.305 e. The number of carboxylic acids is 1. The molecule has 1 amide bonds. The normalized spacial score (nSPS) is 16.1. The zero-order valence-corrected chi connectivity index (χ0v) is 27.1. The van der Waals surface area contributed by atoms with Crippen LogP contribution < -0.4 is 19.6 Å². The molecule has 250 valence electrons. The third kappa shape index (κ3) is 8.77. The molecule has 4 heterocycles.